The van der Waals surface area contributed by atoms with Crippen molar-refractivity contribution in [2.24, 2.45) is 0 Å². The van der Waals surface area contributed by atoms with Crippen LogP contribution >= 0.6 is 0 Å². The maximum atomic E-state index is 11.9. The maximum Gasteiger partial charge on any atom is 0.144 e. The molecule has 1 N–H and O–H groups in total. The number of carbonyl (C=O) groups excluding carboxylic acids is 1. The molecule has 1 aliphatic rings. The van der Waals surface area contributed by atoms with E-state index in [4.69, 9.17) is 0 Å². The standard InChI is InChI=1S/C12H13N3O/c16-11-4-5-13-7-9(11)10-8-14-12-3-1-2-6-15(10)12/h1-3,6,8-9,13H,4-5,7H2. The highest BCUT2D eigenvalue weighted by Crippen LogP contribution is 2.21. The summed E-state index contributed by atoms with van der Waals surface area (Å²) in [6.45, 7) is 1.52. The Hall–Kier alpha value is -1.68. The van der Waals surface area contributed by atoms with Gasteiger partial charge in [-0.25, -0.2) is 4.98 Å². The predicted octanol–water partition coefficient (Wildman–Crippen LogP) is 0.980. The number of ketones is 1. The van der Waals surface area contributed by atoms with Crippen LogP contribution in [0, 0.1) is 0 Å². The summed E-state index contributed by atoms with van der Waals surface area (Å²) in [5, 5.41) is 3.26. The lowest BCUT2D eigenvalue weighted by atomic mass is 9.95. The van der Waals surface area contributed by atoms with Gasteiger partial charge in [-0.3, -0.25) is 4.79 Å². The SMILES string of the molecule is O=C1CCNCC1c1cnc2ccccn12. The van der Waals surface area contributed by atoms with Gasteiger partial charge in [0.25, 0.3) is 0 Å². The van der Waals surface area contributed by atoms with E-state index >= 15 is 0 Å². The molecule has 2 aromatic rings. The number of nitrogens with zero attached hydrogens (tertiary/aromatic N) is 2. The van der Waals surface area contributed by atoms with Crippen molar-refractivity contribution in [3.05, 3.63) is 36.3 Å². The molecule has 3 rings (SSSR count). The lowest BCUT2D eigenvalue weighted by molar-refractivity contribution is -0.121. The summed E-state index contributed by atoms with van der Waals surface area (Å²) in [6.07, 6.45) is 4.38. The quantitative estimate of drug-likeness (QED) is 0.771. The van der Waals surface area contributed by atoms with Gasteiger partial charge in [-0.1, -0.05) is 6.07 Å². The van der Waals surface area contributed by atoms with Gasteiger partial charge < -0.3 is 9.72 Å². The average molecular weight is 215 g/mol. The van der Waals surface area contributed by atoms with Gasteiger partial charge in [0, 0.05) is 31.9 Å². The molecule has 0 aliphatic carbocycles. The molecule has 2 aromatic heterocycles. The van der Waals surface area contributed by atoms with Crippen LogP contribution in [0.4, 0.5) is 0 Å². The lowest BCUT2D eigenvalue weighted by Crippen LogP contribution is -2.35. The third kappa shape index (κ3) is 1.42. The molecule has 0 aromatic carbocycles. The first kappa shape index (κ1) is 9.54. The highest BCUT2D eigenvalue weighted by Gasteiger charge is 2.26. The van der Waals surface area contributed by atoms with Crippen LogP contribution in [0.25, 0.3) is 5.65 Å². The first-order valence-electron chi connectivity index (χ1n) is 5.51. The molecular weight excluding hydrogens is 202 g/mol. The number of fused-ring (bicyclic) bond motifs is 1. The number of piperidine rings is 1. The van der Waals surface area contributed by atoms with Crippen LogP contribution in [0.2, 0.25) is 0 Å². The number of imidazole rings is 1. The van der Waals surface area contributed by atoms with Gasteiger partial charge in [-0.2, -0.15) is 0 Å². The molecule has 0 amide bonds. The van der Waals surface area contributed by atoms with E-state index in [1.54, 1.807) is 0 Å². The second-order valence-corrected chi connectivity index (χ2v) is 4.08. The third-order valence-corrected chi connectivity index (χ3v) is 3.09. The summed E-state index contributed by atoms with van der Waals surface area (Å²) in [5.74, 6) is 0.260. The molecule has 0 saturated carbocycles. The van der Waals surface area contributed by atoms with Crippen molar-refractivity contribution in [3.8, 4) is 0 Å². The van der Waals surface area contributed by atoms with Crippen LogP contribution in [0.15, 0.2) is 30.6 Å². The second-order valence-electron chi connectivity index (χ2n) is 4.08. The van der Waals surface area contributed by atoms with Crippen molar-refractivity contribution in [2.75, 3.05) is 13.1 Å². The monoisotopic (exact) mass is 215 g/mol. The molecule has 1 aliphatic heterocycles. The van der Waals surface area contributed by atoms with Crippen LogP contribution < -0.4 is 5.32 Å². The fraction of sp³-hybridized carbons (Fsp3) is 0.333. The fourth-order valence-electron chi connectivity index (χ4n) is 2.23. The van der Waals surface area contributed by atoms with Gasteiger partial charge in [0.15, 0.2) is 0 Å². The summed E-state index contributed by atoms with van der Waals surface area (Å²) in [4.78, 5) is 16.2. The van der Waals surface area contributed by atoms with E-state index in [0.29, 0.717) is 12.2 Å². The zero-order valence-electron chi connectivity index (χ0n) is 8.89. The smallest absolute Gasteiger partial charge is 0.144 e. The zero-order chi connectivity index (χ0) is 11.0. The van der Waals surface area contributed by atoms with E-state index < -0.39 is 0 Å². The van der Waals surface area contributed by atoms with Crippen LogP contribution in [0.5, 0.6) is 0 Å². The summed E-state index contributed by atoms with van der Waals surface area (Å²) < 4.78 is 2.00. The Kier molecular flexibility index (Phi) is 2.22. The van der Waals surface area contributed by atoms with E-state index in [1.165, 1.54) is 0 Å². The van der Waals surface area contributed by atoms with Crippen LogP contribution in [0.1, 0.15) is 18.0 Å². The molecule has 1 atom stereocenters. The van der Waals surface area contributed by atoms with E-state index in [9.17, 15) is 4.79 Å². The van der Waals surface area contributed by atoms with Crippen molar-refractivity contribution in [3.63, 3.8) is 0 Å². The summed E-state index contributed by atoms with van der Waals surface area (Å²) in [6, 6.07) is 5.86. The van der Waals surface area contributed by atoms with Gasteiger partial charge >= 0.3 is 0 Å². The molecule has 1 unspecified atom stereocenters. The van der Waals surface area contributed by atoms with Crippen LogP contribution in [0.3, 0.4) is 0 Å². The Morgan fingerprint density at radius 2 is 2.38 bits per heavy atom. The molecule has 0 spiro atoms. The minimum atomic E-state index is -0.0499. The van der Waals surface area contributed by atoms with E-state index in [-0.39, 0.29) is 5.92 Å². The number of aromatic nitrogens is 2. The minimum absolute atomic E-state index is 0.0499. The van der Waals surface area contributed by atoms with E-state index in [0.717, 1.165) is 24.4 Å². The van der Waals surface area contributed by atoms with E-state index in [1.807, 2.05) is 35.0 Å². The topological polar surface area (TPSA) is 46.4 Å². The van der Waals surface area contributed by atoms with Gasteiger partial charge in [0.2, 0.25) is 0 Å². The third-order valence-electron chi connectivity index (χ3n) is 3.09. The number of pyridine rings is 1. The Morgan fingerprint density at radius 1 is 1.44 bits per heavy atom. The first-order chi connectivity index (χ1) is 7.86. The number of carbonyl (C=O) groups is 1. The highest BCUT2D eigenvalue weighted by molar-refractivity contribution is 5.86. The summed E-state index contributed by atoms with van der Waals surface area (Å²) >= 11 is 0. The minimum Gasteiger partial charge on any atom is -0.315 e. The second kappa shape index (κ2) is 3.72. The largest absolute Gasteiger partial charge is 0.315 e. The fourth-order valence-corrected chi connectivity index (χ4v) is 2.23. The van der Waals surface area contributed by atoms with Crippen LogP contribution in [-0.2, 0) is 4.79 Å². The molecule has 0 radical (unpaired) electrons. The van der Waals surface area contributed by atoms with Gasteiger partial charge in [0.05, 0.1) is 11.6 Å². The Balaban J connectivity index is 2.08. The van der Waals surface area contributed by atoms with Crippen molar-refractivity contribution >= 4 is 11.4 Å². The Labute approximate surface area is 93.3 Å². The molecule has 82 valence electrons. The molecular formula is C12H13N3O. The highest BCUT2D eigenvalue weighted by atomic mass is 16.1. The van der Waals surface area contributed by atoms with Crippen molar-refractivity contribution in [1.29, 1.82) is 0 Å². The molecule has 4 nitrogen and oxygen atoms in total. The predicted molar refractivity (Wildman–Crippen MR) is 60.4 cm³/mol. The molecule has 16 heavy (non-hydrogen) atoms. The van der Waals surface area contributed by atoms with Crippen molar-refractivity contribution < 1.29 is 4.79 Å². The van der Waals surface area contributed by atoms with Crippen molar-refractivity contribution in [1.82, 2.24) is 14.7 Å². The maximum absolute atomic E-state index is 11.9. The first-order valence-corrected chi connectivity index (χ1v) is 5.51. The van der Waals surface area contributed by atoms with Gasteiger partial charge in [-0.05, 0) is 12.1 Å². The average Bonchev–Trinajstić information content (AvgIpc) is 2.74. The van der Waals surface area contributed by atoms with E-state index in [2.05, 4.69) is 10.3 Å². The van der Waals surface area contributed by atoms with Gasteiger partial charge in [-0.15, -0.1) is 0 Å². The molecule has 1 fully saturated rings. The number of nitrogens with one attached hydrogen (secondary N) is 1. The number of rotatable bonds is 1. The lowest BCUT2D eigenvalue weighted by Gasteiger charge is -2.21. The molecule has 4 heteroatoms. The van der Waals surface area contributed by atoms with Crippen molar-refractivity contribution in [2.45, 2.75) is 12.3 Å². The van der Waals surface area contributed by atoms with Gasteiger partial charge in [0.1, 0.15) is 11.4 Å². The molecule has 1 saturated heterocycles. The number of Topliss-reactive ketones (excluding diaryl/α,β-unsaturated/α-hetero) is 1. The number of hydrogen-bond donors (Lipinski definition) is 1. The van der Waals surface area contributed by atoms with Crippen LogP contribution in [-0.4, -0.2) is 28.3 Å². The Morgan fingerprint density at radius 3 is 3.25 bits per heavy atom. The normalized spacial score (nSPS) is 21.5. The summed E-state index contributed by atoms with van der Waals surface area (Å²) in [5.41, 5.74) is 1.89. The zero-order valence-corrected chi connectivity index (χ0v) is 8.89. The Bertz CT molecular complexity index is 532. The molecule has 3 heterocycles. The summed E-state index contributed by atoms with van der Waals surface area (Å²) in [7, 11) is 0. The number of hydrogen-bond acceptors (Lipinski definition) is 3. The molecule has 0 bridgehead atoms.